The Bertz CT molecular complexity index is 433. The summed E-state index contributed by atoms with van der Waals surface area (Å²) < 4.78 is 11.3. The molecule has 0 amide bonds. The summed E-state index contributed by atoms with van der Waals surface area (Å²) in [6.45, 7) is 6.30. The SMILES string of the molecule is CCCN1CCO[C@@H](COc2ccc([N+](=O)[O-])cc2)C1. The van der Waals surface area contributed by atoms with E-state index in [1.54, 1.807) is 12.1 Å². The van der Waals surface area contributed by atoms with Crippen LogP contribution in [-0.2, 0) is 4.74 Å². The summed E-state index contributed by atoms with van der Waals surface area (Å²) in [4.78, 5) is 12.5. The second-order valence-electron chi connectivity index (χ2n) is 4.86. The first-order valence-electron chi connectivity index (χ1n) is 6.90. The number of hydrogen-bond donors (Lipinski definition) is 0. The molecular formula is C14H20N2O4. The van der Waals surface area contributed by atoms with Gasteiger partial charge in [0, 0.05) is 25.2 Å². The lowest BCUT2D eigenvalue weighted by Gasteiger charge is -2.32. The molecule has 1 fully saturated rings. The molecule has 0 aliphatic carbocycles. The number of nitro groups is 1. The van der Waals surface area contributed by atoms with Crippen molar-refractivity contribution < 1.29 is 14.4 Å². The second kappa shape index (κ2) is 7.21. The highest BCUT2D eigenvalue weighted by atomic mass is 16.6. The maximum absolute atomic E-state index is 10.6. The van der Waals surface area contributed by atoms with Crippen molar-refractivity contribution in [1.29, 1.82) is 0 Å². The first kappa shape index (κ1) is 14.7. The number of non-ortho nitro benzene ring substituents is 1. The molecule has 1 atom stereocenters. The van der Waals surface area contributed by atoms with Crippen LogP contribution in [0.2, 0.25) is 0 Å². The molecule has 0 unspecified atom stereocenters. The van der Waals surface area contributed by atoms with Crippen LogP contribution in [-0.4, -0.2) is 48.8 Å². The summed E-state index contributed by atoms with van der Waals surface area (Å²) >= 11 is 0. The van der Waals surface area contributed by atoms with E-state index in [2.05, 4.69) is 11.8 Å². The van der Waals surface area contributed by atoms with Gasteiger partial charge in [0.15, 0.2) is 0 Å². The van der Waals surface area contributed by atoms with Gasteiger partial charge in [0.2, 0.25) is 0 Å². The first-order chi connectivity index (χ1) is 9.69. The Morgan fingerprint density at radius 2 is 2.20 bits per heavy atom. The minimum Gasteiger partial charge on any atom is -0.491 e. The van der Waals surface area contributed by atoms with Crippen molar-refractivity contribution in [2.24, 2.45) is 0 Å². The Balaban J connectivity index is 1.80. The summed E-state index contributed by atoms with van der Waals surface area (Å²) in [5.41, 5.74) is 0.0698. The van der Waals surface area contributed by atoms with E-state index >= 15 is 0 Å². The molecule has 110 valence electrons. The molecule has 2 rings (SSSR count). The second-order valence-corrected chi connectivity index (χ2v) is 4.86. The van der Waals surface area contributed by atoms with Gasteiger partial charge in [-0.2, -0.15) is 0 Å². The number of rotatable bonds is 6. The molecule has 1 aromatic carbocycles. The van der Waals surface area contributed by atoms with Gasteiger partial charge >= 0.3 is 0 Å². The van der Waals surface area contributed by atoms with Crippen molar-refractivity contribution in [3.05, 3.63) is 34.4 Å². The standard InChI is InChI=1S/C14H20N2O4/c1-2-7-15-8-9-19-14(10-15)11-20-13-5-3-12(4-6-13)16(17)18/h3-6,14H,2,7-11H2,1H3/t14-/m1/s1. The third-order valence-corrected chi connectivity index (χ3v) is 3.25. The molecule has 6 heteroatoms. The Hall–Kier alpha value is -1.66. The van der Waals surface area contributed by atoms with Crippen LogP contribution >= 0.6 is 0 Å². The molecule has 1 heterocycles. The number of nitro benzene ring substituents is 1. The van der Waals surface area contributed by atoms with E-state index in [-0.39, 0.29) is 11.8 Å². The molecule has 1 aromatic rings. The quantitative estimate of drug-likeness (QED) is 0.589. The van der Waals surface area contributed by atoms with Crippen LogP contribution in [0.4, 0.5) is 5.69 Å². The summed E-state index contributed by atoms with van der Waals surface area (Å²) in [5, 5.41) is 10.6. The third-order valence-electron chi connectivity index (χ3n) is 3.25. The van der Waals surface area contributed by atoms with Gasteiger partial charge in [0.05, 0.1) is 11.5 Å². The van der Waals surface area contributed by atoms with Crippen LogP contribution in [0, 0.1) is 10.1 Å². The average molecular weight is 280 g/mol. The summed E-state index contributed by atoms with van der Waals surface area (Å²) in [6.07, 6.45) is 1.20. The highest BCUT2D eigenvalue weighted by Gasteiger charge is 2.20. The van der Waals surface area contributed by atoms with Crippen LogP contribution in [0.25, 0.3) is 0 Å². The predicted molar refractivity (Wildman–Crippen MR) is 75.1 cm³/mol. The van der Waals surface area contributed by atoms with Crippen molar-refractivity contribution in [1.82, 2.24) is 4.90 Å². The van der Waals surface area contributed by atoms with Crippen LogP contribution < -0.4 is 4.74 Å². The van der Waals surface area contributed by atoms with Gasteiger partial charge in [-0.3, -0.25) is 15.0 Å². The Morgan fingerprint density at radius 3 is 2.85 bits per heavy atom. The van der Waals surface area contributed by atoms with Crippen molar-refractivity contribution >= 4 is 5.69 Å². The van der Waals surface area contributed by atoms with E-state index in [1.165, 1.54) is 12.1 Å². The Kier molecular flexibility index (Phi) is 5.31. The first-order valence-corrected chi connectivity index (χ1v) is 6.90. The lowest BCUT2D eigenvalue weighted by Crippen LogP contribution is -2.45. The zero-order valence-electron chi connectivity index (χ0n) is 11.7. The van der Waals surface area contributed by atoms with E-state index in [9.17, 15) is 10.1 Å². The topological polar surface area (TPSA) is 64.8 Å². The van der Waals surface area contributed by atoms with Crippen molar-refractivity contribution in [2.75, 3.05) is 32.8 Å². The molecule has 0 radical (unpaired) electrons. The predicted octanol–water partition coefficient (Wildman–Crippen LogP) is 2.08. The fourth-order valence-electron chi connectivity index (χ4n) is 2.25. The molecule has 0 N–H and O–H groups in total. The molecule has 1 aliphatic heterocycles. The van der Waals surface area contributed by atoms with Gasteiger partial charge in [-0.15, -0.1) is 0 Å². The van der Waals surface area contributed by atoms with E-state index in [1.807, 2.05) is 0 Å². The largest absolute Gasteiger partial charge is 0.491 e. The fourth-order valence-corrected chi connectivity index (χ4v) is 2.25. The van der Waals surface area contributed by atoms with Crippen molar-refractivity contribution in [3.8, 4) is 5.75 Å². The minimum absolute atomic E-state index is 0.0606. The van der Waals surface area contributed by atoms with Gasteiger partial charge in [0.25, 0.3) is 5.69 Å². The number of morpholine rings is 1. The van der Waals surface area contributed by atoms with E-state index in [0.717, 1.165) is 32.7 Å². The van der Waals surface area contributed by atoms with E-state index < -0.39 is 4.92 Å². The lowest BCUT2D eigenvalue weighted by atomic mass is 10.2. The van der Waals surface area contributed by atoms with E-state index in [4.69, 9.17) is 9.47 Å². The minimum atomic E-state index is -0.420. The molecule has 0 bridgehead atoms. The van der Waals surface area contributed by atoms with Crippen molar-refractivity contribution in [2.45, 2.75) is 19.4 Å². The number of nitrogens with zero attached hydrogens (tertiary/aromatic N) is 2. The van der Waals surface area contributed by atoms with Crippen LogP contribution in [0.15, 0.2) is 24.3 Å². The molecule has 1 aliphatic rings. The van der Waals surface area contributed by atoms with E-state index in [0.29, 0.717) is 12.4 Å². The summed E-state index contributed by atoms with van der Waals surface area (Å²) in [7, 11) is 0. The van der Waals surface area contributed by atoms with Gasteiger partial charge in [0.1, 0.15) is 18.5 Å². The number of benzene rings is 1. The molecule has 0 spiro atoms. The fraction of sp³-hybridized carbons (Fsp3) is 0.571. The van der Waals surface area contributed by atoms with Gasteiger partial charge in [-0.05, 0) is 25.1 Å². The van der Waals surface area contributed by atoms with Gasteiger partial charge in [-0.1, -0.05) is 6.92 Å². The molecule has 0 saturated carbocycles. The monoisotopic (exact) mass is 280 g/mol. The van der Waals surface area contributed by atoms with Crippen LogP contribution in [0.5, 0.6) is 5.75 Å². The normalized spacial score (nSPS) is 19.8. The zero-order chi connectivity index (χ0) is 14.4. The van der Waals surface area contributed by atoms with Crippen LogP contribution in [0.1, 0.15) is 13.3 Å². The van der Waals surface area contributed by atoms with Crippen LogP contribution in [0.3, 0.4) is 0 Å². The Labute approximate surface area is 118 Å². The number of hydrogen-bond acceptors (Lipinski definition) is 5. The van der Waals surface area contributed by atoms with Gasteiger partial charge in [-0.25, -0.2) is 0 Å². The lowest BCUT2D eigenvalue weighted by molar-refractivity contribution is -0.384. The summed E-state index contributed by atoms with van der Waals surface area (Å²) in [5.74, 6) is 0.631. The molecule has 20 heavy (non-hydrogen) atoms. The average Bonchev–Trinajstić information content (AvgIpc) is 2.46. The summed E-state index contributed by atoms with van der Waals surface area (Å²) in [6, 6.07) is 6.12. The van der Waals surface area contributed by atoms with Gasteiger partial charge < -0.3 is 9.47 Å². The maximum Gasteiger partial charge on any atom is 0.269 e. The van der Waals surface area contributed by atoms with Crippen molar-refractivity contribution in [3.63, 3.8) is 0 Å². The molecular weight excluding hydrogens is 260 g/mol. The third kappa shape index (κ3) is 4.18. The highest BCUT2D eigenvalue weighted by Crippen LogP contribution is 2.18. The molecule has 1 saturated heterocycles. The molecule has 6 nitrogen and oxygen atoms in total. The smallest absolute Gasteiger partial charge is 0.269 e. The molecule has 0 aromatic heterocycles. The zero-order valence-corrected chi connectivity index (χ0v) is 11.7. The maximum atomic E-state index is 10.6. The Morgan fingerprint density at radius 1 is 1.45 bits per heavy atom. The highest BCUT2D eigenvalue weighted by molar-refractivity contribution is 5.35. The number of ether oxygens (including phenoxy) is 2.